The smallest absolute Gasteiger partial charge is 0.136 e. The van der Waals surface area contributed by atoms with Crippen LogP contribution in [-0.4, -0.2) is 23.5 Å². The standard InChI is InChI=1S/C19H29NO2/c1-15(19(22)17-11-6-3-7-12-17)20-14-8-13-18(21)16-9-4-2-5-10-16/h3,6-7,11-12,15-16,19-20,22H,2,4-5,8-10,13-14H2,1H3. The van der Waals surface area contributed by atoms with Crippen LogP contribution in [0.1, 0.15) is 63.5 Å². The molecule has 22 heavy (non-hydrogen) atoms. The molecule has 0 bridgehead atoms. The fourth-order valence-corrected chi connectivity index (χ4v) is 3.27. The third-order valence-corrected chi connectivity index (χ3v) is 4.74. The summed E-state index contributed by atoms with van der Waals surface area (Å²) >= 11 is 0. The van der Waals surface area contributed by atoms with E-state index in [4.69, 9.17) is 0 Å². The second-order valence-corrected chi connectivity index (χ2v) is 6.50. The van der Waals surface area contributed by atoms with Gasteiger partial charge >= 0.3 is 0 Å². The van der Waals surface area contributed by atoms with Crippen LogP contribution in [0.15, 0.2) is 30.3 Å². The molecule has 122 valence electrons. The van der Waals surface area contributed by atoms with Crippen LogP contribution < -0.4 is 5.32 Å². The van der Waals surface area contributed by atoms with Crippen LogP contribution in [0, 0.1) is 5.92 Å². The molecule has 3 heteroatoms. The van der Waals surface area contributed by atoms with Gasteiger partial charge in [-0.05, 0) is 38.3 Å². The van der Waals surface area contributed by atoms with Gasteiger partial charge < -0.3 is 10.4 Å². The molecule has 0 radical (unpaired) electrons. The minimum Gasteiger partial charge on any atom is -0.387 e. The third-order valence-electron chi connectivity index (χ3n) is 4.74. The van der Waals surface area contributed by atoms with Gasteiger partial charge in [-0.25, -0.2) is 0 Å². The minimum absolute atomic E-state index is 0.00724. The lowest BCUT2D eigenvalue weighted by atomic mass is 9.85. The molecule has 1 aromatic rings. The zero-order valence-electron chi connectivity index (χ0n) is 13.6. The van der Waals surface area contributed by atoms with E-state index in [1.165, 1.54) is 19.3 Å². The Balaban J connectivity index is 1.64. The maximum absolute atomic E-state index is 12.1. The number of carbonyl (C=O) groups is 1. The first-order chi connectivity index (χ1) is 10.7. The fraction of sp³-hybridized carbons (Fsp3) is 0.632. The average molecular weight is 303 g/mol. The number of carbonyl (C=O) groups excluding carboxylic acids is 1. The Morgan fingerprint density at radius 1 is 1.23 bits per heavy atom. The van der Waals surface area contributed by atoms with Crippen molar-refractivity contribution in [3.05, 3.63) is 35.9 Å². The van der Waals surface area contributed by atoms with Crippen LogP contribution in [0.25, 0.3) is 0 Å². The highest BCUT2D eigenvalue weighted by Gasteiger charge is 2.20. The molecule has 1 aliphatic carbocycles. The Hall–Kier alpha value is -1.19. The highest BCUT2D eigenvalue weighted by atomic mass is 16.3. The van der Waals surface area contributed by atoms with Gasteiger partial charge in [0.15, 0.2) is 0 Å². The molecular formula is C19H29NO2. The van der Waals surface area contributed by atoms with Crippen LogP contribution in [0.3, 0.4) is 0 Å². The third kappa shape index (κ3) is 5.22. The van der Waals surface area contributed by atoms with E-state index in [-0.39, 0.29) is 6.04 Å². The van der Waals surface area contributed by atoms with E-state index in [1.54, 1.807) is 0 Å². The van der Waals surface area contributed by atoms with Crippen molar-refractivity contribution in [1.29, 1.82) is 0 Å². The molecule has 1 aliphatic rings. The van der Waals surface area contributed by atoms with E-state index in [2.05, 4.69) is 5.32 Å². The summed E-state index contributed by atoms with van der Waals surface area (Å²) in [4.78, 5) is 12.1. The van der Waals surface area contributed by atoms with Crippen molar-refractivity contribution in [3.8, 4) is 0 Å². The van der Waals surface area contributed by atoms with E-state index < -0.39 is 6.10 Å². The first-order valence-electron chi connectivity index (χ1n) is 8.67. The van der Waals surface area contributed by atoms with E-state index in [1.807, 2.05) is 37.3 Å². The SMILES string of the molecule is CC(NCCCC(=O)C1CCCCC1)C(O)c1ccccc1. The van der Waals surface area contributed by atoms with Gasteiger partial charge in [0.05, 0.1) is 6.10 Å². The van der Waals surface area contributed by atoms with Gasteiger partial charge in [-0.1, -0.05) is 49.6 Å². The van der Waals surface area contributed by atoms with Gasteiger partial charge in [0.25, 0.3) is 0 Å². The number of rotatable bonds is 8. The van der Waals surface area contributed by atoms with Crippen LogP contribution in [0.5, 0.6) is 0 Å². The summed E-state index contributed by atoms with van der Waals surface area (Å²) < 4.78 is 0. The van der Waals surface area contributed by atoms with E-state index in [9.17, 15) is 9.90 Å². The predicted molar refractivity (Wildman–Crippen MR) is 89.7 cm³/mol. The topological polar surface area (TPSA) is 49.3 Å². The summed E-state index contributed by atoms with van der Waals surface area (Å²) in [6.07, 6.45) is 6.94. The summed E-state index contributed by atoms with van der Waals surface area (Å²) in [5.74, 6) is 0.763. The second-order valence-electron chi connectivity index (χ2n) is 6.50. The normalized spacial score (nSPS) is 18.8. The molecule has 0 amide bonds. The molecule has 2 unspecified atom stereocenters. The Kier molecular flexibility index (Phi) is 7.07. The lowest BCUT2D eigenvalue weighted by molar-refractivity contribution is -0.123. The Morgan fingerprint density at radius 3 is 2.59 bits per heavy atom. The molecule has 2 atom stereocenters. The fourth-order valence-electron chi connectivity index (χ4n) is 3.27. The number of Topliss-reactive ketones (excluding diaryl/α,β-unsaturated/α-hetero) is 1. The Bertz CT molecular complexity index is 440. The van der Waals surface area contributed by atoms with Crippen molar-refractivity contribution >= 4 is 5.78 Å². The van der Waals surface area contributed by atoms with Crippen molar-refractivity contribution in [1.82, 2.24) is 5.32 Å². The number of aliphatic hydroxyl groups is 1. The molecule has 2 rings (SSSR count). The highest BCUT2D eigenvalue weighted by Crippen LogP contribution is 2.25. The summed E-state index contributed by atoms with van der Waals surface area (Å²) in [6, 6.07) is 9.70. The highest BCUT2D eigenvalue weighted by molar-refractivity contribution is 5.81. The van der Waals surface area contributed by atoms with Crippen molar-refractivity contribution in [3.63, 3.8) is 0 Å². The minimum atomic E-state index is -0.504. The van der Waals surface area contributed by atoms with Gasteiger partial charge in [0, 0.05) is 18.4 Å². The second kappa shape index (κ2) is 9.06. The number of ketones is 1. The van der Waals surface area contributed by atoms with Gasteiger partial charge in [0.1, 0.15) is 5.78 Å². The molecule has 0 heterocycles. The van der Waals surface area contributed by atoms with Gasteiger partial charge in [-0.15, -0.1) is 0 Å². The molecule has 0 spiro atoms. The molecule has 0 aromatic heterocycles. The molecule has 0 saturated heterocycles. The molecule has 1 aromatic carbocycles. The lowest BCUT2D eigenvalue weighted by Crippen LogP contribution is -2.33. The van der Waals surface area contributed by atoms with Crippen LogP contribution in [0.2, 0.25) is 0 Å². The lowest BCUT2D eigenvalue weighted by Gasteiger charge is -2.22. The van der Waals surface area contributed by atoms with Gasteiger partial charge in [0.2, 0.25) is 0 Å². The van der Waals surface area contributed by atoms with Crippen LogP contribution >= 0.6 is 0 Å². The maximum Gasteiger partial charge on any atom is 0.136 e. The van der Waals surface area contributed by atoms with Crippen molar-refractivity contribution in [2.45, 2.75) is 64.0 Å². The number of hydrogen-bond donors (Lipinski definition) is 2. The molecule has 1 saturated carbocycles. The average Bonchev–Trinajstić information content (AvgIpc) is 2.59. The van der Waals surface area contributed by atoms with Gasteiger partial charge in [-0.2, -0.15) is 0 Å². The summed E-state index contributed by atoms with van der Waals surface area (Å²) in [5, 5.41) is 13.6. The largest absolute Gasteiger partial charge is 0.387 e. The Labute approximate surface area is 134 Å². The van der Waals surface area contributed by atoms with Crippen molar-refractivity contribution in [2.24, 2.45) is 5.92 Å². The van der Waals surface area contributed by atoms with Crippen LogP contribution in [0.4, 0.5) is 0 Å². The van der Waals surface area contributed by atoms with E-state index in [0.29, 0.717) is 18.1 Å². The first kappa shape index (κ1) is 17.2. The summed E-state index contributed by atoms with van der Waals surface area (Å²) in [7, 11) is 0. The zero-order valence-corrected chi connectivity index (χ0v) is 13.6. The molecule has 0 aliphatic heterocycles. The number of nitrogens with one attached hydrogen (secondary N) is 1. The predicted octanol–water partition coefficient (Wildman–Crippen LogP) is 3.63. The molecular weight excluding hydrogens is 274 g/mol. The van der Waals surface area contributed by atoms with Crippen molar-refractivity contribution < 1.29 is 9.90 Å². The van der Waals surface area contributed by atoms with Gasteiger partial charge in [-0.3, -0.25) is 4.79 Å². The summed E-state index contributed by atoms with van der Waals surface area (Å²) in [5.41, 5.74) is 0.931. The molecule has 2 N–H and O–H groups in total. The first-order valence-corrected chi connectivity index (χ1v) is 8.67. The van der Waals surface area contributed by atoms with E-state index in [0.717, 1.165) is 31.4 Å². The molecule has 1 fully saturated rings. The van der Waals surface area contributed by atoms with Crippen LogP contribution in [-0.2, 0) is 4.79 Å². The quantitative estimate of drug-likeness (QED) is 0.721. The van der Waals surface area contributed by atoms with Crippen molar-refractivity contribution in [2.75, 3.05) is 6.54 Å². The molecule has 3 nitrogen and oxygen atoms in total. The summed E-state index contributed by atoms with van der Waals surface area (Å²) in [6.45, 7) is 2.77. The number of hydrogen-bond acceptors (Lipinski definition) is 3. The number of benzene rings is 1. The zero-order chi connectivity index (χ0) is 15.8. The Morgan fingerprint density at radius 2 is 1.91 bits per heavy atom. The van der Waals surface area contributed by atoms with E-state index >= 15 is 0 Å². The maximum atomic E-state index is 12.1. The monoisotopic (exact) mass is 303 g/mol. The number of aliphatic hydroxyl groups excluding tert-OH is 1.